The third-order valence-corrected chi connectivity index (χ3v) is 4.48. The zero-order valence-corrected chi connectivity index (χ0v) is 15.2. The van der Waals surface area contributed by atoms with Crippen molar-refractivity contribution in [1.82, 2.24) is 15.5 Å². The van der Waals surface area contributed by atoms with E-state index in [4.69, 9.17) is 4.74 Å². The van der Waals surface area contributed by atoms with E-state index < -0.39 is 17.0 Å². The second-order valence-electron chi connectivity index (χ2n) is 6.77. The molecule has 0 fully saturated rings. The Morgan fingerprint density at radius 3 is 2.63 bits per heavy atom. The highest BCUT2D eigenvalue weighted by atomic mass is 16.6. The molecule has 9 heteroatoms. The lowest BCUT2D eigenvalue weighted by Crippen LogP contribution is -2.44. The molecule has 0 radical (unpaired) electrons. The van der Waals surface area contributed by atoms with Gasteiger partial charge in [0.05, 0.1) is 34.9 Å². The summed E-state index contributed by atoms with van der Waals surface area (Å²) in [6, 6.07) is 4.83. The Morgan fingerprint density at radius 2 is 2.00 bits per heavy atom. The first-order chi connectivity index (χ1) is 12.9. The molecule has 1 aromatic carbocycles. The lowest BCUT2D eigenvalue weighted by molar-refractivity contribution is -0.384. The van der Waals surface area contributed by atoms with E-state index in [-0.39, 0.29) is 17.7 Å². The van der Waals surface area contributed by atoms with E-state index in [0.29, 0.717) is 43.0 Å². The van der Waals surface area contributed by atoms with Crippen molar-refractivity contribution in [1.29, 1.82) is 0 Å². The smallest absolute Gasteiger partial charge is 0.319 e. The fourth-order valence-electron chi connectivity index (χ4n) is 3.22. The lowest BCUT2D eigenvalue weighted by atomic mass is 9.96. The molecule has 2 aliphatic rings. The van der Waals surface area contributed by atoms with Gasteiger partial charge in [0, 0.05) is 25.3 Å². The number of nitro benzene ring substituents is 1. The Kier molecular flexibility index (Phi) is 5.41. The molecule has 1 atom stereocenters. The largest absolute Gasteiger partial charge is 0.379 e. The number of nitrogens with one attached hydrogen (secondary N) is 2. The van der Waals surface area contributed by atoms with Gasteiger partial charge in [-0.3, -0.25) is 14.9 Å². The van der Waals surface area contributed by atoms with Crippen LogP contribution in [0.5, 0.6) is 0 Å². The van der Waals surface area contributed by atoms with Gasteiger partial charge in [-0.15, -0.1) is 0 Å². The Bertz CT molecular complexity index is 787. The predicted molar refractivity (Wildman–Crippen MR) is 96.8 cm³/mol. The highest BCUT2D eigenvalue weighted by Crippen LogP contribution is 2.33. The Morgan fingerprint density at radius 1 is 1.30 bits per heavy atom. The summed E-state index contributed by atoms with van der Waals surface area (Å²) in [4.78, 5) is 36.9. The van der Waals surface area contributed by atoms with Crippen molar-refractivity contribution >= 4 is 17.6 Å². The molecule has 0 aliphatic carbocycles. The number of hydrogen-bond acceptors (Lipinski definition) is 5. The van der Waals surface area contributed by atoms with E-state index >= 15 is 0 Å². The van der Waals surface area contributed by atoms with Crippen LogP contribution in [-0.2, 0) is 9.53 Å². The van der Waals surface area contributed by atoms with Crippen molar-refractivity contribution in [3.8, 4) is 0 Å². The average molecular weight is 374 g/mol. The molecular weight excluding hydrogens is 352 g/mol. The maximum absolute atomic E-state index is 12.9. The molecule has 2 N–H and O–H groups in total. The second kappa shape index (κ2) is 7.75. The predicted octanol–water partition coefficient (Wildman–Crippen LogP) is 1.86. The first-order valence-electron chi connectivity index (χ1n) is 8.82. The molecule has 2 heterocycles. The normalized spacial score (nSPS) is 19.2. The Labute approximate surface area is 156 Å². The molecule has 1 aromatic rings. The standard InChI is InChI=1S/C18H22N4O5/c1-11(2)27-9-3-8-21-10-14-15(17(21)23)16(20-18(24)19-14)12-4-6-13(7-5-12)22(25)26/h4-7,11,16H,3,8-10H2,1-2H3,(H2,19,20,24)/t16-/m1/s1. The molecule has 9 nitrogen and oxygen atoms in total. The van der Waals surface area contributed by atoms with Crippen molar-refractivity contribution in [2.75, 3.05) is 19.7 Å². The zero-order valence-electron chi connectivity index (χ0n) is 15.2. The number of rotatable bonds is 7. The minimum absolute atomic E-state index is 0.0438. The van der Waals surface area contributed by atoms with E-state index in [1.807, 2.05) is 13.8 Å². The number of non-ortho nitro benzene ring substituents is 1. The quantitative estimate of drug-likeness (QED) is 0.430. The minimum Gasteiger partial charge on any atom is -0.379 e. The molecule has 0 aromatic heterocycles. The second-order valence-corrected chi connectivity index (χ2v) is 6.77. The molecule has 0 unspecified atom stereocenters. The Hall–Kier alpha value is -2.94. The SMILES string of the molecule is CC(C)OCCCN1CC2=C(C1=O)[C@@H](c1ccc([N+](=O)[O-])cc1)NC(=O)N2. The topological polar surface area (TPSA) is 114 Å². The number of nitro groups is 1. The van der Waals surface area contributed by atoms with Crippen molar-refractivity contribution in [3.63, 3.8) is 0 Å². The molecule has 0 saturated heterocycles. The fraction of sp³-hybridized carbons (Fsp3) is 0.444. The van der Waals surface area contributed by atoms with Crippen LogP contribution in [0.15, 0.2) is 35.5 Å². The maximum Gasteiger partial charge on any atom is 0.319 e. The molecule has 3 amide bonds. The average Bonchev–Trinajstić information content (AvgIpc) is 2.93. The van der Waals surface area contributed by atoms with Crippen LogP contribution in [0.3, 0.4) is 0 Å². The molecule has 27 heavy (non-hydrogen) atoms. The molecule has 0 spiro atoms. The molecule has 0 bridgehead atoms. The molecule has 3 rings (SSSR count). The summed E-state index contributed by atoms with van der Waals surface area (Å²) < 4.78 is 5.50. The summed E-state index contributed by atoms with van der Waals surface area (Å²) in [5.74, 6) is -0.148. The summed E-state index contributed by atoms with van der Waals surface area (Å²) in [7, 11) is 0. The van der Waals surface area contributed by atoms with E-state index in [9.17, 15) is 19.7 Å². The van der Waals surface area contributed by atoms with E-state index in [0.717, 1.165) is 0 Å². The molecule has 144 valence electrons. The van der Waals surface area contributed by atoms with Gasteiger partial charge in [-0.05, 0) is 38.0 Å². The highest BCUT2D eigenvalue weighted by molar-refractivity contribution is 6.01. The summed E-state index contributed by atoms with van der Waals surface area (Å²) in [5, 5.41) is 16.3. The van der Waals surface area contributed by atoms with Crippen molar-refractivity contribution in [3.05, 3.63) is 51.2 Å². The first-order valence-corrected chi connectivity index (χ1v) is 8.82. The van der Waals surface area contributed by atoms with Crippen LogP contribution in [0.1, 0.15) is 31.9 Å². The van der Waals surface area contributed by atoms with Gasteiger partial charge >= 0.3 is 6.03 Å². The van der Waals surface area contributed by atoms with Crippen molar-refractivity contribution < 1.29 is 19.2 Å². The van der Waals surface area contributed by atoms with Crippen LogP contribution < -0.4 is 10.6 Å². The summed E-state index contributed by atoms with van der Waals surface area (Å²) in [5.41, 5.74) is 1.64. The van der Waals surface area contributed by atoms with Crippen LogP contribution in [0, 0.1) is 10.1 Å². The molecule has 0 saturated carbocycles. The van der Waals surface area contributed by atoms with Gasteiger partial charge in [0.2, 0.25) is 0 Å². The number of nitrogens with zero attached hydrogens (tertiary/aromatic N) is 2. The minimum atomic E-state index is -0.626. The summed E-state index contributed by atoms with van der Waals surface area (Å²) in [6.07, 6.45) is 0.842. The van der Waals surface area contributed by atoms with Crippen LogP contribution in [-0.4, -0.2) is 47.6 Å². The number of carbonyl (C=O) groups excluding carboxylic acids is 2. The zero-order chi connectivity index (χ0) is 19.6. The van der Waals surface area contributed by atoms with E-state index in [1.165, 1.54) is 12.1 Å². The molecular formula is C18H22N4O5. The number of ether oxygens (including phenoxy) is 1. The number of amides is 3. The number of benzene rings is 1. The summed E-state index contributed by atoms with van der Waals surface area (Å²) >= 11 is 0. The van der Waals surface area contributed by atoms with Crippen LogP contribution in [0.4, 0.5) is 10.5 Å². The van der Waals surface area contributed by atoms with Gasteiger partial charge < -0.3 is 20.3 Å². The van der Waals surface area contributed by atoms with Crippen LogP contribution in [0.25, 0.3) is 0 Å². The maximum atomic E-state index is 12.9. The van der Waals surface area contributed by atoms with Gasteiger partial charge in [-0.25, -0.2) is 4.79 Å². The number of carbonyl (C=O) groups is 2. The lowest BCUT2D eigenvalue weighted by Gasteiger charge is -2.25. The van der Waals surface area contributed by atoms with Crippen LogP contribution in [0.2, 0.25) is 0 Å². The highest BCUT2D eigenvalue weighted by Gasteiger charge is 2.40. The number of urea groups is 1. The third kappa shape index (κ3) is 4.08. The van der Waals surface area contributed by atoms with Gasteiger partial charge in [-0.2, -0.15) is 0 Å². The molecule has 2 aliphatic heterocycles. The van der Waals surface area contributed by atoms with Gasteiger partial charge in [-0.1, -0.05) is 0 Å². The van der Waals surface area contributed by atoms with Gasteiger partial charge in [0.15, 0.2) is 0 Å². The number of hydrogen-bond donors (Lipinski definition) is 2. The van der Waals surface area contributed by atoms with Crippen LogP contribution >= 0.6 is 0 Å². The monoisotopic (exact) mass is 374 g/mol. The first kappa shape index (κ1) is 18.8. The Balaban J connectivity index is 1.75. The van der Waals surface area contributed by atoms with Gasteiger partial charge in [0.25, 0.3) is 11.6 Å². The third-order valence-electron chi connectivity index (χ3n) is 4.48. The summed E-state index contributed by atoms with van der Waals surface area (Å²) in [6.45, 7) is 5.34. The van der Waals surface area contributed by atoms with Crippen molar-refractivity contribution in [2.24, 2.45) is 0 Å². The van der Waals surface area contributed by atoms with Gasteiger partial charge in [0.1, 0.15) is 0 Å². The van der Waals surface area contributed by atoms with E-state index in [1.54, 1.807) is 17.0 Å². The van der Waals surface area contributed by atoms with E-state index in [2.05, 4.69) is 10.6 Å². The fourth-order valence-corrected chi connectivity index (χ4v) is 3.22. The van der Waals surface area contributed by atoms with Crippen molar-refractivity contribution in [2.45, 2.75) is 32.4 Å².